The minimum atomic E-state index is -0.620. The van der Waals surface area contributed by atoms with Gasteiger partial charge in [-0.3, -0.25) is 4.79 Å². The van der Waals surface area contributed by atoms with E-state index in [0.29, 0.717) is 16.8 Å². The van der Waals surface area contributed by atoms with Crippen LogP contribution in [0.5, 0.6) is 0 Å². The van der Waals surface area contributed by atoms with Gasteiger partial charge in [0.25, 0.3) is 11.6 Å². The maximum atomic E-state index is 12.6. The summed E-state index contributed by atoms with van der Waals surface area (Å²) in [6.45, 7) is 6.92. The molecule has 26 heavy (non-hydrogen) atoms. The predicted octanol–water partition coefficient (Wildman–Crippen LogP) is 3.33. The number of thiophene rings is 1. The van der Waals surface area contributed by atoms with E-state index in [4.69, 9.17) is 9.26 Å². The van der Waals surface area contributed by atoms with Gasteiger partial charge in [-0.15, -0.1) is 11.3 Å². The number of hydrogen-bond donors (Lipinski definition) is 1. The van der Waals surface area contributed by atoms with Crippen LogP contribution >= 0.6 is 11.3 Å². The van der Waals surface area contributed by atoms with E-state index in [0.717, 1.165) is 4.88 Å². The Morgan fingerprint density at radius 2 is 2.12 bits per heavy atom. The molecule has 0 radical (unpaired) electrons. The van der Waals surface area contributed by atoms with E-state index in [9.17, 15) is 9.59 Å². The van der Waals surface area contributed by atoms with Crippen molar-refractivity contribution in [2.75, 3.05) is 6.61 Å². The van der Waals surface area contributed by atoms with Gasteiger partial charge < -0.3 is 14.6 Å². The monoisotopic (exact) mass is 373 g/mol. The summed E-state index contributed by atoms with van der Waals surface area (Å²) in [5.41, 5.74) is 1.27. The van der Waals surface area contributed by atoms with Crippen LogP contribution in [0.15, 0.2) is 28.1 Å². The van der Waals surface area contributed by atoms with E-state index in [1.54, 1.807) is 13.0 Å². The molecule has 0 aromatic carbocycles. The van der Waals surface area contributed by atoms with Gasteiger partial charge >= 0.3 is 5.97 Å². The Morgan fingerprint density at radius 1 is 1.35 bits per heavy atom. The van der Waals surface area contributed by atoms with E-state index >= 15 is 0 Å². The first-order valence-electron chi connectivity index (χ1n) is 8.03. The van der Waals surface area contributed by atoms with Crippen LogP contribution in [0.1, 0.15) is 36.8 Å². The molecule has 0 aliphatic heterocycles. The van der Waals surface area contributed by atoms with Crippen molar-refractivity contribution >= 4 is 34.3 Å². The molecule has 3 aromatic rings. The Labute approximate surface area is 154 Å². The van der Waals surface area contributed by atoms with Crippen molar-refractivity contribution in [3.63, 3.8) is 0 Å². The summed E-state index contributed by atoms with van der Waals surface area (Å²) in [7, 11) is 0. The molecule has 3 heterocycles. The first kappa shape index (κ1) is 18.1. The van der Waals surface area contributed by atoms with Gasteiger partial charge in [-0.25, -0.2) is 9.78 Å². The minimum absolute atomic E-state index is 0.263. The summed E-state index contributed by atoms with van der Waals surface area (Å²) in [5.74, 6) is -0.984. The van der Waals surface area contributed by atoms with Gasteiger partial charge in [-0.1, -0.05) is 11.2 Å². The summed E-state index contributed by atoms with van der Waals surface area (Å²) in [6, 6.07) is 5.43. The molecule has 8 heteroatoms. The lowest BCUT2D eigenvalue weighted by Gasteiger charge is -2.20. The molecule has 1 N–H and O–H groups in total. The molecule has 1 amide bonds. The van der Waals surface area contributed by atoms with E-state index in [1.807, 2.05) is 38.3 Å². The van der Waals surface area contributed by atoms with Gasteiger partial charge in [0.1, 0.15) is 0 Å². The average molecular weight is 373 g/mol. The van der Waals surface area contributed by atoms with Crippen LogP contribution in [0.3, 0.4) is 0 Å². The highest BCUT2D eigenvalue weighted by molar-refractivity contribution is 7.13. The molecular weight excluding hydrogens is 354 g/mol. The molecule has 0 aliphatic rings. The maximum Gasteiger partial charge on any atom is 0.339 e. The van der Waals surface area contributed by atoms with E-state index < -0.39 is 11.5 Å². The summed E-state index contributed by atoms with van der Waals surface area (Å²) in [4.78, 5) is 29.8. The maximum absolute atomic E-state index is 12.6. The SMILES string of the molecule is Cc1noc2nc(-c3cccs3)cc(C(=O)OCC(=O)NC(C)(C)C)c12. The van der Waals surface area contributed by atoms with Gasteiger partial charge in [0.05, 0.1) is 27.2 Å². The van der Waals surface area contributed by atoms with Crippen LogP contribution in [0.25, 0.3) is 21.7 Å². The standard InChI is InChI=1S/C18H19N3O4S/c1-10-15-11(17(23)24-9-14(22)20-18(2,3)4)8-12(13-6-5-7-26-13)19-16(15)25-21-10/h5-8H,9H2,1-4H3,(H,20,22). The fourth-order valence-electron chi connectivity index (χ4n) is 2.47. The number of fused-ring (bicyclic) bond motifs is 1. The molecule has 0 aliphatic carbocycles. The predicted molar refractivity (Wildman–Crippen MR) is 98.0 cm³/mol. The Hall–Kier alpha value is -2.74. The number of nitrogens with zero attached hydrogens (tertiary/aromatic N) is 2. The molecule has 136 valence electrons. The van der Waals surface area contributed by atoms with Crippen molar-refractivity contribution < 1.29 is 18.8 Å². The summed E-state index contributed by atoms with van der Waals surface area (Å²) in [6.07, 6.45) is 0. The Balaban J connectivity index is 1.89. The number of rotatable bonds is 4. The van der Waals surface area contributed by atoms with Crippen molar-refractivity contribution in [2.45, 2.75) is 33.2 Å². The zero-order chi connectivity index (χ0) is 18.9. The first-order chi connectivity index (χ1) is 12.2. The highest BCUT2D eigenvalue weighted by atomic mass is 32.1. The smallest absolute Gasteiger partial charge is 0.339 e. The molecule has 0 saturated carbocycles. The van der Waals surface area contributed by atoms with Gasteiger partial charge in [-0.2, -0.15) is 0 Å². The van der Waals surface area contributed by atoms with E-state index in [-0.39, 0.29) is 23.8 Å². The molecule has 7 nitrogen and oxygen atoms in total. The van der Waals surface area contributed by atoms with Gasteiger partial charge in [0.15, 0.2) is 6.61 Å². The number of aryl methyl sites for hydroxylation is 1. The zero-order valence-corrected chi connectivity index (χ0v) is 15.8. The number of esters is 1. The van der Waals surface area contributed by atoms with Gasteiger partial charge in [0.2, 0.25) is 0 Å². The second kappa shape index (κ2) is 6.87. The number of pyridine rings is 1. The summed E-state index contributed by atoms with van der Waals surface area (Å²) >= 11 is 1.50. The second-order valence-corrected chi connectivity index (χ2v) is 7.80. The normalized spacial score (nSPS) is 11.5. The molecule has 0 bridgehead atoms. The van der Waals surface area contributed by atoms with Gasteiger partial charge in [0, 0.05) is 5.54 Å². The highest BCUT2D eigenvalue weighted by Gasteiger charge is 2.22. The fourth-order valence-corrected chi connectivity index (χ4v) is 3.16. The van der Waals surface area contributed by atoms with Crippen molar-refractivity contribution in [1.82, 2.24) is 15.5 Å². The molecule has 0 spiro atoms. The number of aromatic nitrogens is 2. The lowest BCUT2D eigenvalue weighted by atomic mass is 10.1. The van der Waals surface area contributed by atoms with E-state index in [2.05, 4.69) is 15.5 Å². The summed E-state index contributed by atoms with van der Waals surface area (Å²) < 4.78 is 10.4. The van der Waals surface area contributed by atoms with Crippen LogP contribution < -0.4 is 5.32 Å². The lowest BCUT2D eigenvalue weighted by molar-refractivity contribution is -0.125. The third kappa shape index (κ3) is 3.91. The molecule has 0 fully saturated rings. The lowest BCUT2D eigenvalue weighted by Crippen LogP contribution is -2.42. The van der Waals surface area contributed by atoms with Crippen LogP contribution in [0, 0.1) is 6.92 Å². The van der Waals surface area contributed by atoms with Crippen molar-refractivity contribution in [2.24, 2.45) is 0 Å². The van der Waals surface area contributed by atoms with Gasteiger partial charge in [-0.05, 0) is 45.2 Å². The Kier molecular flexibility index (Phi) is 4.78. The third-order valence-corrected chi connectivity index (χ3v) is 4.35. The second-order valence-electron chi connectivity index (χ2n) is 6.85. The van der Waals surface area contributed by atoms with Crippen molar-refractivity contribution in [3.8, 4) is 10.6 Å². The van der Waals surface area contributed by atoms with Crippen molar-refractivity contribution in [3.05, 3.63) is 34.8 Å². The van der Waals surface area contributed by atoms with Crippen LogP contribution in [0.4, 0.5) is 0 Å². The molecule has 3 rings (SSSR count). The zero-order valence-electron chi connectivity index (χ0n) is 15.0. The average Bonchev–Trinajstić information content (AvgIpc) is 3.20. The molecule has 3 aromatic heterocycles. The first-order valence-corrected chi connectivity index (χ1v) is 8.91. The molecule has 0 atom stereocenters. The number of ether oxygens (including phenoxy) is 1. The number of hydrogen-bond acceptors (Lipinski definition) is 7. The number of amides is 1. The largest absolute Gasteiger partial charge is 0.452 e. The Bertz CT molecular complexity index is 955. The Morgan fingerprint density at radius 3 is 2.77 bits per heavy atom. The topological polar surface area (TPSA) is 94.3 Å². The highest BCUT2D eigenvalue weighted by Crippen LogP contribution is 2.29. The molecule has 0 unspecified atom stereocenters. The third-order valence-electron chi connectivity index (χ3n) is 3.46. The summed E-state index contributed by atoms with van der Waals surface area (Å²) in [5, 5.41) is 9.04. The number of carbonyl (C=O) groups is 2. The van der Waals surface area contributed by atoms with Crippen LogP contribution in [-0.2, 0) is 9.53 Å². The van der Waals surface area contributed by atoms with E-state index in [1.165, 1.54) is 11.3 Å². The fraction of sp³-hybridized carbons (Fsp3) is 0.333. The number of nitrogens with one attached hydrogen (secondary N) is 1. The molecular formula is C18H19N3O4S. The quantitative estimate of drug-likeness (QED) is 0.705. The minimum Gasteiger partial charge on any atom is -0.452 e. The number of carbonyl (C=O) groups excluding carboxylic acids is 2. The van der Waals surface area contributed by atoms with Crippen LogP contribution in [-0.4, -0.2) is 34.2 Å². The van der Waals surface area contributed by atoms with Crippen LogP contribution in [0.2, 0.25) is 0 Å². The van der Waals surface area contributed by atoms with Crippen molar-refractivity contribution in [1.29, 1.82) is 0 Å². The molecule has 0 saturated heterocycles.